The molecule has 1 aromatic carbocycles. The van der Waals surface area contributed by atoms with E-state index in [2.05, 4.69) is 18.0 Å². The summed E-state index contributed by atoms with van der Waals surface area (Å²) in [6, 6.07) is 8.17. The van der Waals surface area contributed by atoms with Crippen LogP contribution in [0.3, 0.4) is 0 Å². The van der Waals surface area contributed by atoms with Crippen LogP contribution >= 0.6 is 0 Å². The third kappa shape index (κ3) is 2.33. The van der Waals surface area contributed by atoms with E-state index in [9.17, 15) is 0 Å². The molecule has 0 radical (unpaired) electrons. The van der Waals surface area contributed by atoms with Crippen LogP contribution < -0.4 is 10.5 Å². The van der Waals surface area contributed by atoms with Crippen LogP contribution in [0.2, 0.25) is 0 Å². The monoisotopic (exact) mass is 260 g/mol. The minimum absolute atomic E-state index is 0.140. The Hall–Kier alpha value is -1.52. The van der Waals surface area contributed by atoms with Crippen LogP contribution in [0.25, 0.3) is 11.0 Å². The van der Waals surface area contributed by atoms with Crippen LogP contribution in [0.5, 0.6) is 5.75 Å². The zero-order valence-corrected chi connectivity index (χ0v) is 11.4. The number of methoxy groups -OCH3 is 1. The van der Waals surface area contributed by atoms with Gasteiger partial charge in [0.05, 0.1) is 7.11 Å². The number of ether oxygens (including phenoxy) is 1. The fraction of sp³-hybridized carbons (Fsp3) is 0.467. The maximum atomic E-state index is 6.25. The number of fused-ring (bicyclic) bond motifs is 1. The van der Waals surface area contributed by atoms with Crippen molar-refractivity contribution >= 4 is 11.0 Å². The first-order valence-corrected chi connectivity index (χ1v) is 6.69. The molecule has 0 amide bonds. The average molecular weight is 260 g/mol. The molecule has 0 aliphatic carbocycles. The summed E-state index contributed by atoms with van der Waals surface area (Å²) >= 11 is 0. The van der Waals surface area contributed by atoms with Crippen molar-refractivity contribution in [3.8, 4) is 5.75 Å². The summed E-state index contributed by atoms with van der Waals surface area (Å²) in [6.45, 7) is 1.99. The molecule has 0 saturated carbocycles. The zero-order valence-electron chi connectivity index (χ0n) is 11.4. The lowest BCUT2D eigenvalue weighted by molar-refractivity contribution is 0.216. The van der Waals surface area contributed by atoms with Gasteiger partial charge in [-0.1, -0.05) is 0 Å². The van der Waals surface area contributed by atoms with Crippen molar-refractivity contribution in [2.24, 2.45) is 5.73 Å². The number of piperidine rings is 1. The number of rotatable bonds is 2. The maximum Gasteiger partial charge on any atom is 0.137 e. The van der Waals surface area contributed by atoms with Crippen molar-refractivity contribution in [1.29, 1.82) is 0 Å². The summed E-state index contributed by atoms with van der Waals surface area (Å²) in [5, 5.41) is 1.11. The van der Waals surface area contributed by atoms with E-state index >= 15 is 0 Å². The number of benzene rings is 1. The zero-order chi connectivity index (χ0) is 13.4. The largest absolute Gasteiger partial charge is 0.497 e. The van der Waals surface area contributed by atoms with Gasteiger partial charge in [0.15, 0.2) is 0 Å². The fourth-order valence-electron chi connectivity index (χ4n) is 2.85. The molecule has 1 aliphatic heterocycles. The number of hydrogen-bond acceptors (Lipinski definition) is 4. The van der Waals surface area contributed by atoms with Crippen LogP contribution in [0.15, 0.2) is 28.7 Å². The van der Waals surface area contributed by atoms with Crippen molar-refractivity contribution in [3.05, 3.63) is 30.0 Å². The molecule has 1 aliphatic rings. The molecule has 19 heavy (non-hydrogen) atoms. The average Bonchev–Trinajstić information content (AvgIpc) is 2.80. The Balaban J connectivity index is 1.92. The molecule has 102 valence electrons. The summed E-state index contributed by atoms with van der Waals surface area (Å²) in [7, 11) is 3.78. The van der Waals surface area contributed by atoms with Crippen molar-refractivity contribution in [3.63, 3.8) is 0 Å². The summed E-state index contributed by atoms with van der Waals surface area (Å²) in [4.78, 5) is 2.27. The number of likely N-dealkylation sites (N-methyl/N-ethyl adjacent to an activating group) is 1. The van der Waals surface area contributed by atoms with Crippen molar-refractivity contribution < 1.29 is 9.15 Å². The molecule has 4 nitrogen and oxygen atoms in total. The first kappa shape index (κ1) is 12.5. The lowest BCUT2D eigenvalue weighted by Crippen LogP contribution is -2.45. The van der Waals surface area contributed by atoms with Crippen LogP contribution in [0, 0.1) is 0 Å². The number of nitrogens with two attached hydrogens (primary N) is 1. The van der Waals surface area contributed by atoms with Crippen LogP contribution in [0.4, 0.5) is 0 Å². The molecule has 0 bridgehead atoms. The van der Waals surface area contributed by atoms with Crippen LogP contribution in [0.1, 0.15) is 18.1 Å². The quantitative estimate of drug-likeness (QED) is 0.899. The Bertz CT molecular complexity index is 579. The minimum atomic E-state index is 0.140. The third-order valence-corrected chi connectivity index (χ3v) is 3.97. The van der Waals surface area contributed by atoms with Crippen molar-refractivity contribution in [2.75, 3.05) is 27.2 Å². The number of furan rings is 1. The van der Waals surface area contributed by atoms with Gasteiger partial charge in [-0.15, -0.1) is 0 Å². The predicted molar refractivity (Wildman–Crippen MR) is 75.6 cm³/mol. The molecule has 3 rings (SSSR count). The van der Waals surface area contributed by atoms with E-state index in [1.807, 2.05) is 18.2 Å². The Morgan fingerprint density at radius 2 is 2.21 bits per heavy atom. The second-order valence-electron chi connectivity index (χ2n) is 5.37. The van der Waals surface area contributed by atoms with E-state index in [1.165, 1.54) is 0 Å². The van der Waals surface area contributed by atoms with Gasteiger partial charge in [-0.05, 0) is 38.2 Å². The number of hydrogen-bond donors (Lipinski definition) is 1. The second kappa shape index (κ2) is 4.87. The molecular weight excluding hydrogens is 240 g/mol. The first-order chi connectivity index (χ1) is 9.17. The Labute approximate surface area is 113 Å². The van der Waals surface area contributed by atoms with Gasteiger partial charge in [0.1, 0.15) is 17.1 Å². The highest BCUT2D eigenvalue weighted by molar-refractivity contribution is 5.79. The summed E-state index contributed by atoms with van der Waals surface area (Å²) < 4.78 is 11.2. The van der Waals surface area contributed by atoms with Gasteiger partial charge in [-0.3, -0.25) is 0 Å². The topological polar surface area (TPSA) is 51.6 Å². The van der Waals surface area contributed by atoms with Gasteiger partial charge < -0.3 is 19.8 Å². The molecule has 1 saturated heterocycles. The van der Waals surface area contributed by atoms with Gasteiger partial charge >= 0.3 is 0 Å². The molecular formula is C15H20N2O2. The van der Waals surface area contributed by atoms with Crippen LogP contribution in [-0.2, 0) is 0 Å². The molecule has 2 atom stereocenters. The van der Waals surface area contributed by atoms with Gasteiger partial charge in [0.25, 0.3) is 0 Å². The highest BCUT2D eigenvalue weighted by atomic mass is 16.5. The molecule has 2 heterocycles. The summed E-state index contributed by atoms with van der Waals surface area (Å²) in [6.07, 6.45) is 1.05. The third-order valence-electron chi connectivity index (χ3n) is 3.97. The van der Waals surface area contributed by atoms with E-state index in [1.54, 1.807) is 7.11 Å². The van der Waals surface area contributed by atoms with E-state index in [0.717, 1.165) is 42.0 Å². The Morgan fingerprint density at radius 1 is 1.37 bits per heavy atom. The van der Waals surface area contributed by atoms with E-state index in [0.29, 0.717) is 5.92 Å². The van der Waals surface area contributed by atoms with Gasteiger partial charge in [-0.25, -0.2) is 0 Å². The Kier molecular flexibility index (Phi) is 3.21. The number of nitrogens with zero attached hydrogens (tertiary/aromatic N) is 1. The van der Waals surface area contributed by atoms with Crippen molar-refractivity contribution in [2.45, 2.75) is 18.4 Å². The number of likely N-dealkylation sites (tertiary alicyclic amines) is 1. The molecule has 1 aromatic heterocycles. The van der Waals surface area contributed by atoms with Crippen LogP contribution in [-0.4, -0.2) is 38.2 Å². The fourth-order valence-corrected chi connectivity index (χ4v) is 2.85. The SMILES string of the molecule is COc1ccc2cc(C3CCN(C)CC3N)oc2c1. The summed E-state index contributed by atoms with van der Waals surface area (Å²) in [5.41, 5.74) is 7.13. The van der Waals surface area contributed by atoms with E-state index in [-0.39, 0.29) is 6.04 Å². The second-order valence-corrected chi connectivity index (χ2v) is 5.37. The molecule has 2 unspecified atom stereocenters. The van der Waals surface area contributed by atoms with E-state index in [4.69, 9.17) is 14.9 Å². The lowest BCUT2D eigenvalue weighted by Gasteiger charge is -2.33. The van der Waals surface area contributed by atoms with Gasteiger partial charge in [0, 0.05) is 30.0 Å². The standard InChI is InChI=1S/C15H20N2O2/c1-17-6-5-12(13(16)9-17)15-7-10-3-4-11(18-2)8-14(10)19-15/h3-4,7-8,12-13H,5-6,9,16H2,1-2H3. The minimum Gasteiger partial charge on any atom is -0.497 e. The first-order valence-electron chi connectivity index (χ1n) is 6.69. The Morgan fingerprint density at radius 3 is 2.95 bits per heavy atom. The summed E-state index contributed by atoms with van der Waals surface area (Å²) in [5.74, 6) is 2.14. The van der Waals surface area contributed by atoms with Crippen molar-refractivity contribution in [1.82, 2.24) is 4.90 Å². The molecule has 1 fully saturated rings. The predicted octanol–water partition coefficient (Wildman–Crippen LogP) is 2.19. The van der Waals surface area contributed by atoms with Gasteiger partial charge in [0.2, 0.25) is 0 Å². The smallest absolute Gasteiger partial charge is 0.137 e. The molecule has 4 heteroatoms. The lowest BCUT2D eigenvalue weighted by atomic mass is 9.90. The highest BCUT2D eigenvalue weighted by Crippen LogP contribution is 2.32. The molecule has 2 N–H and O–H groups in total. The normalized spacial score (nSPS) is 24.8. The molecule has 2 aromatic rings. The highest BCUT2D eigenvalue weighted by Gasteiger charge is 2.28. The van der Waals surface area contributed by atoms with Gasteiger partial charge in [-0.2, -0.15) is 0 Å². The molecule has 0 spiro atoms. The maximum absolute atomic E-state index is 6.25. The van der Waals surface area contributed by atoms with E-state index < -0.39 is 0 Å².